The van der Waals surface area contributed by atoms with Crippen molar-refractivity contribution >= 4 is 11.9 Å². The molecule has 1 amide bonds. The highest BCUT2D eigenvalue weighted by Crippen LogP contribution is 2.14. The summed E-state index contributed by atoms with van der Waals surface area (Å²) in [5, 5.41) is 18.9. The van der Waals surface area contributed by atoms with Gasteiger partial charge in [0.15, 0.2) is 0 Å². The summed E-state index contributed by atoms with van der Waals surface area (Å²) in [5.74, 6) is -2.24. The van der Waals surface area contributed by atoms with E-state index in [0.717, 1.165) is 0 Å². The van der Waals surface area contributed by atoms with Crippen LogP contribution in [-0.2, 0) is 14.3 Å². The number of alkyl halides is 3. The Hall–Kier alpha value is -1.35. The molecule has 0 aromatic carbocycles. The van der Waals surface area contributed by atoms with Crippen LogP contribution in [0.2, 0.25) is 0 Å². The van der Waals surface area contributed by atoms with Gasteiger partial charge in [-0.3, -0.25) is 4.79 Å². The zero-order valence-corrected chi connectivity index (χ0v) is 8.66. The Morgan fingerprint density at radius 2 is 1.94 bits per heavy atom. The molecular weight excluding hydrogens is 247 g/mol. The van der Waals surface area contributed by atoms with E-state index in [9.17, 15) is 22.8 Å². The van der Waals surface area contributed by atoms with Gasteiger partial charge in [0.05, 0.1) is 13.2 Å². The number of carboxylic acid groups (broad SMARTS) is 1. The smallest absolute Gasteiger partial charge is 0.411 e. The first-order valence-electron chi connectivity index (χ1n) is 4.54. The van der Waals surface area contributed by atoms with Crippen LogP contribution in [0.25, 0.3) is 0 Å². The second-order valence-electron chi connectivity index (χ2n) is 3.06. The molecule has 0 radical (unpaired) electrons. The maximum absolute atomic E-state index is 11.6. The van der Waals surface area contributed by atoms with Crippen molar-refractivity contribution in [2.75, 3.05) is 19.8 Å². The zero-order chi connectivity index (χ0) is 13.5. The average Bonchev–Trinajstić information content (AvgIpc) is 2.19. The van der Waals surface area contributed by atoms with Crippen LogP contribution in [0, 0.1) is 0 Å². The number of aliphatic hydroxyl groups excluding tert-OH is 1. The van der Waals surface area contributed by atoms with Crippen LogP contribution in [0.3, 0.4) is 0 Å². The highest BCUT2D eigenvalue weighted by Gasteiger charge is 2.27. The lowest BCUT2D eigenvalue weighted by Gasteiger charge is -2.12. The number of amides is 1. The van der Waals surface area contributed by atoms with Crippen LogP contribution < -0.4 is 5.32 Å². The number of aliphatic carboxylic acids is 1. The normalized spacial score (nSPS) is 13.2. The summed E-state index contributed by atoms with van der Waals surface area (Å²) in [6, 6.07) is -1.47. The van der Waals surface area contributed by atoms with Gasteiger partial charge >= 0.3 is 12.1 Å². The van der Waals surface area contributed by atoms with Gasteiger partial charge < -0.3 is 20.3 Å². The number of carbonyl (C=O) groups is 2. The van der Waals surface area contributed by atoms with Crippen molar-refractivity contribution in [2.45, 2.75) is 18.6 Å². The quantitative estimate of drug-likeness (QED) is 0.536. The van der Waals surface area contributed by atoms with Crippen LogP contribution in [-0.4, -0.2) is 54.1 Å². The lowest BCUT2D eigenvalue weighted by atomic mass is 10.3. The number of carboxylic acids is 1. The first-order chi connectivity index (χ1) is 7.76. The fourth-order valence-corrected chi connectivity index (χ4v) is 0.805. The molecule has 0 saturated heterocycles. The third kappa shape index (κ3) is 8.46. The fraction of sp³-hybridized carbons (Fsp3) is 0.750. The van der Waals surface area contributed by atoms with Gasteiger partial charge in [0.2, 0.25) is 5.91 Å². The molecule has 0 bridgehead atoms. The first kappa shape index (κ1) is 15.7. The predicted molar refractivity (Wildman–Crippen MR) is 48.1 cm³/mol. The second kappa shape index (κ2) is 7.07. The van der Waals surface area contributed by atoms with Crippen molar-refractivity contribution in [1.82, 2.24) is 5.32 Å². The standard InChI is InChI=1S/C8H12F3NO5/c9-8(10,11)4-17-2-1-6(14)12-5(3-13)7(15)16/h5,13H,1-4H2,(H,12,14)(H,15,16)/t5-/m1/s1. The highest BCUT2D eigenvalue weighted by atomic mass is 19.4. The Bertz CT molecular complexity index is 268. The average molecular weight is 259 g/mol. The van der Waals surface area contributed by atoms with Crippen LogP contribution >= 0.6 is 0 Å². The minimum absolute atomic E-state index is 0.417. The van der Waals surface area contributed by atoms with Crippen molar-refractivity contribution < 1.29 is 37.7 Å². The van der Waals surface area contributed by atoms with Crippen molar-refractivity contribution in [3.63, 3.8) is 0 Å². The third-order valence-corrected chi connectivity index (χ3v) is 1.56. The summed E-state index contributed by atoms with van der Waals surface area (Å²) in [4.78, 5) is 21.4. The van der Waals surface area contributed by atoms with E-state index in [4.69, 9.17) is 10.2 Å². The molecule has 0 spiro atoms. The van der Waals surface area contributed by atoms with Crippen LogP contribution in [0.5, 0.6) is 0 Å². The molecule has 3 N–H and O–H groups in total. The number of hydrogen-bond acceptors (Lipinski definition) is 4. The highest BCUT2D eigenvalue weighted by molar-refractivity contribution is 5.83. The van der Waals surface area contributed by atoms with Gasteiger partial charge in [-0.25, -0.2) is 4.79 Å². The minimum atomic E-state index is -4.47. The molecule has 0 unspecified atom stereocenters. The lowest BCUT2D eigenvalue weighted by Crippen LogP contribution is -2.43. The molecule has 17 heavy (non-hydrogen) atoms. The van der Waals surface area contributed by atoms with E-state index < -0.39 is 50.3 Å². The van der Waals surface area contributed by atoms with E-state index in [1.807, 2.05) is 5.32 Å². The second-order valence-corrected chi connectivity index (χ2v) is 3.06. The number of carbonyl (C=O) groups excluding carboxylic acids is 1. The molecule has 0 rings (SSSR count). The summed E-state index contributed by atoms with van der Waals surface area (Å²) < 4.78 is 39.0. The molecule has 6 nitrogen and oxygen atoms in total. The SMILES string of the molecule is O=C(CCOCC(F)(F)F)N[C@H](CO)C(=O)O. The third-order valence-electron chi connectivity index (χ3n) is 1.56. The van der Waals surface area contributed by atoms with Crippen molar-refractivity contribution in [3.05, 3.63) is 0 Å². The predicted octanol–water partition coefficient (Wildman–Crippen LogP) is -0.483. The zero-order valence-electron chi connectivity index (χ0n) is 8.66. The maximum atomic E-state index is 11.6. The molecule has 0 aromatic rings. The Morgan fingerprint density at radius 3 is 2.35 bits per heavy atom. The number of rotatable bonds is 7. The molecule has 0 fully saturated rings. The van der Waals surface area contributed by atoms with Crippen LogP contribution in [0.1, 0.15) is 6.42 Å². The van der Waals surface area contributed by atoms with Crippen LogP contribution in [0.15, 0.2) is 0 Å². The Labute approximate surface area is 94.4 Å². The van der Waals surface area contributed by atoms with E-state index in [1.165, 1.54) is 0 Å². The topological polar surface area (TPSA) is 95.9 Å². The van der Waals surface area contributed by atoms with Gasteiger partial charge in [-0.15, -0.1) is 0 Å². The van der Waals surface area contributed by atoms with Crippen molar-refractivity contribution in [2.24, 2.45) is 0 Å². The molecule has 1 atom stereocenters. The van der Waals surface area contributed by atoms with Gasteiger partial charge in [0.1, 0.15) is 12.6 Å². The van der Waals surface area contributed by atoms with Gasteiger partial charge in [0.25, 0.3) is 0 Å². The summed E-state index contributed by atoms with van der Waals surface area (Å²) in [6.07, 6.45) is -4.88. The van der Waals surface area contributed by atoms with Crippen LogP contribution in [0.4, 0.5) is 13.2 Å². The first-order valence-corrected chi connectivity index (χ1v) is 4.54. The van der Waals surface area contributed by atoms with Crippen molar-refractivity contribution in [3.8, 4) is 0 Å². The van der Waals surface area contributed by atoms with Gasteiger partial charge in [-0.1, -0.05) is 0 Å². The van der Waals surface area contributed by atoms with E-state index in [0.29, 0.717) is 0 Å². The lowest BCUT2D eigenvalue weighted by molar-refractivity contribution is -0.174. The summed E-state index contributed by atoms with van der Waals surface area (Å²) in [6.45, 7) is -2.75. The molecule has 100 valence electrons. The van der Waals surface area contributed by atoms with Crippen molar-refractivity contribution in [1.29, 1.82) is 0 Å². The summed E-state index contributed by atoms with van der Waals surface area (Å²) >= 11 is 0. The largest absolute Gasteiger partial charge is 0.480 e. The number of nitrogens with one attached hydrogen (secondary N) is 1. The number of ether oxygens (including phenoxy) is 1. The Morgan fingerprint density at radius 1 is 1.35 bits per heavy atom. The fourth-order valence-electron chi connectivity index (χ4n) is 0.805. The summed E-state index contributed by atoms with van der Waals surface area (Å²) in [5.41, 5.74) is 0. The molecule has 0 aliphatic rings. The molecule has 0 aromatic heterocycles. The molecular formula is C8H12F3NO5. The molecule has 9 heteroatoms. The number of hydrogen-bond donors (Lipinski definition) is 3. The number of aliphatic hydroxyl groups is 1. The Balaban J connectivity index is 3.77. The molecule has 0 aliphatic heterocycles. The van der Waals surface area contributed by atoms with E-state index in [-0.39, 0.29) is 0 Å². The molecule has 0 saturated carbocycles. The Kier molecular flexibility index (Phi) is 6.51. The van der Waals surface area contributed by atoms with Gasteiger partial charge in [-0.2, -0.15) is 13.2 Å². The molecule has 0 heterocycles. The monoisotopic (exact) mass is 259 g/mol. The maximum Gasteiger partial charge on any atom is 0.411 e. The molecule has 0 aliphatic carbocycles. The van der Waals surface area contributed by atoms with E-state index in [1.54, 1.807) is 0 Å². The van der Waals surface area contributed by atoms with E-state index in [2.05, 4.69) is 4.74 Å². The van der Waals surface area contributed by atoms with Gasteiger partial charge in [-0.05, 0) is 0 Å². The van der Waals surface area contributed by atoms with E-state index >= 15 is 0 Å². The number of halogens is 3. The summed E-state index contributed by atoms with van der Waals surface area (Å²) in [7, 11) is 0. The van der Waals surface area contributed by atoms with Gasteiger partial charge in [0, 0.05) is 6.42 Å². The minimum Gasteiger partial charge on any atom is -0.480 e.